The highest BCUT2D eigenvalue weighted by Crippen LogP contribution is 2.14. The lowest BCUT2D eigenvalue weighted by atomic mass is 9.99. The summed E-state index contributed by atoms with van der Waals surface area (Å²) in [7, 11) is 0. The summed E-state index contributed by atoms with van der Waals surface area (Å²) in [6.45, 7) is 3.75. The van der Waals surface area contributed by atoms with Gasteiger partial charge in [0.1, 0.15) is 5.82 Å². The van der Waals surface area contributed by atoms with E-state index >= 15 is 0 Å². The van der Waals surface area contributed by atoms with E-state index in [4.69, 9.17) is 0 Å². The first-order chi connectivity index (χ1) is 9.85. The summed E-state index contributed by atoms with van der Waals surface area (Å²) in [5, 5.41) is 12.8. The fourth-order valence-corrected chi connectivity index (χ4v) is 2.74. The van der Waals surface area contributed by atoms with Crippen LogP contribution in [0.4, 0.5) is 4.39 Å². The summed E-state index contributed by atoms with van der Waals surface area (Å²) in [5.41, 5.74) is -0.271. The minimum atomic E-state index is -0.902. The normalized spacial score (nSPS) is 15.3. The SMILES string of the molecule is CSCC(C)(O)CNC(=O)C(C)CCc1ccccc1F. The maximum absolute atomic E-state index is 13.5. The number of carbonyl (C=O) groups excluding carboxylic acids is 1. The Morgan fingerprint density at radius 2 is 2.14 bits per heavy atom. The van der Waals surface area contributed by atoms with Crippen molar-refractivity contribution < 1.29 is 14.3 Å². The molecule has 1 aromatic carbocycles. The summed E-state index contributed by atoms with van der Waals surface area (Å²) in [6.07, 6.45) is 3.02. The van der Waals surface area contributed by atoms with Crippen molar-refractivity contribution in [2.45, 2.75) is 32.3 Å². The van der Waals surface area contributed by atoms with E-state index in [0.717, 1.165) is 0 Å². The first-order valence-corrected chi connectivity index (χ1v) is 8.47. The Bertz CT molecular complexity index is 465. The Labute approximate surface area is 130 Å². The molecule has 1 aromatic rings. The second-order valence-electron chi connectivity index (χ2n) is 5.68. The lowest BCUT2D eigenvalue weighted by molar-refractivity contribution is -0.125. The standard InChI is InChI=1S/C16H24FNO2S/c1-12(8-9-13-6-4-5-7-14(13)17)15(19)18-10-16(2,20)11-21-3/h4-7,12,20H,8-11H2,1-3H3,(H,18,19). The second kappa shape index (κ2) is 8.39. The minimum Gasteiger partial charge on any atom is -0.387 e. The molecule has 0 aliphatic carbocycles. The molecule has 0 aliphatic heterocycles. The third kappa shape index (κ3) is 6.48. The Kier molecular flexibility index (Phi) is 7.18. The van der Waals surface area contributed by atoms with Crippen molar-refractivity contribution in [1.82, 2.24) is 5.32 Å². The fraction of sp³-hybridized carbons (Fsp3) is 0.562. The molecule has 0 spiro atoms. The Morgan fingerprint density at radius 1 is 1.48 bits per heavy atom. The zero-order chi connectivity index (χ0) is 15.9. The largest absolute Gasteiger partial charge is 0.387 e. The molecular weight excluding hydrogens is 289 g/mol. The molecule has 2 unspecified atom stereocenters. The van der Waals surface area contributed by atoms with Crippen LogP contribution in [0, 0.1) is 11.7 Å². The van der Waals surface area contributed by atoms with Gasteiger partial charge >= 0.3 is 0 Å². The van der Waals surface area contributed by atoms with Gasteiger partial charge in [0.25, 0.3) is 0 Å². The summed E-state index contributed by atoms with van der Waals surface area (Å²) in [4.78, 5) is 12.0. The maximum atomic E-state index is 13.5. The molecule has 21 heavy (non-hydrogen) atoms. The Balaban J connectivity index is 2.40. The number of rotatable bonds is 8. The first-order valence-electron chi connectivity index (χ1n) is 7.08. The molecule has 0 aliphatic rings. The molecule has 3 nitrogen and oxygen atoms in total. The Hall–Kier alpha value is -1.07. The van der Waals surface area contributed by atoms with E-state index in [1.807, 2.05) is 13.2 Å². The average molecular weight is 313 g/mol. The third-order valence-electron chi connectivity index (χ3n) is 3.35. The van der Waals surface area contributed by atoms with Crippen LogP contribution in [0.2, 0.25) is 0 Å². The topological polar surface area (TPSA) is 49.3 Å². The molecule has 118 valence electrons. The van der Waals surface area contributed by atoms with Gasteiger partial charge in [0.05, 0.1) is 5.60 Å². The molecule has 0 aromatic heterocycles. The molecule has 0 bridgehead atoms. The van der Waals surface area contributed by atoms with Crippen molar-refractivity contribution in [3.63, 3.8) is 0 Å². The average Bonchev–Trinajstić information content (AvgIpc) is 2.43. The summed E-state index contributed by atoms with van der Waals surface area (Å²) in [5.74, 6) is 0.0204. The second-order valence-corrected chi connectivity index (χ2v) is 6.54. The van der Waals surface area contributed by atoms with Gasteiger partial charge in [-0.3, -0.25) is 4.79 Å². The van der Waals surface area contributed by atoms with Gasteiger partial charge in [0.2, 0.25) is 5.91 Å². The molecule has 1 rings (SSSR count). The van der Waals surface area contributed by atoms with Gasteiger partial charge < -0.3 is 10.4 Å². The molecule has 2 atom stereocenters. The van der Waals surface area contributed by atoms with Crippen LogP contribution in [0.3, 0.4) is 0 Å². The van der Waals surface area contributed by atoms with Crippen LogP contribution < -0.4 is 5.32 Å². The van der Waals surface area contributed by atoms with Gasteiger partial charge in [0.15, 0.2) is 0 Å². The van der Waals surface area contributed by atoms with E-state index in [-0.39, 0.29) is 24.2 Å². The highest BCUT2D eigenvalue weighted by Gasteiger charge is 2.22. The number of aliphatic hydroxyl groups is 1. The Morgan fingerprint density at radius 3 is 2.76 bits per heavy atom. The van der Waals surface area contributed by atoms with Gasteiger partial charge in [-0.2, -0.15) is 11.8 Å². The predicted octanol–water partition coefficient (Wildman–Crippen LogP) is 2.62. The zero-order valence-corrected chi connectivity index (χ0v) is 13.7. The molecular formula is C16H24FNO2S. The van der Waals surface area contributed by atoms with E-state index in [9.17, 15) is 14.3 Å². The van der Waals surface area contributed by atoms with E-state index in [1.54, 1.807) is 25.1 Å². The van der Waals surface area contributed by atoms with Crippen molar-refractivity contribution in [1.29, 1.82) is 0 Å². The van der Waals surface area contributed by atoms with Gasteiger partial charge in [-0.25, -0.2) is 4.39 Å². The molecule has 0 saturated carbocycles. The maximum Gasteiger partial charge on any atom is 0.222 e. The molecule has 0 saturated heterocycles. The van der Waals surface area contributed by atoms with Crippen LogP contribution in [-0.2, 0) is 11.2 Å². The lowest BCUT2D eigenvalue weighted by Gasteiger charge is -2.23. The van der Waals surface area contributed by atoms with Crippen molar-refractivity contribution in [3.05, 3.63) is 35.6 Å². The number of hydrogen-bond donors (Lipinski definition) is 2. The van der Waals surface area contributed by atoms with Crippen molar-refractivity contribution >= 4 is 17.7 Å². The number of nitrogens with one attached hydrogen (secondary N) is 1. The number of aryl methyl sites for hydroxylation is 1. The molecule has 2 N–H and O–H groups in total. The van der Waals surface area contributed by atoms with Crippen LogP contribution in [-0.4, -0.2) is 35.2 Å². The number of hydrogen-bond acceptors (Lipinski definition) is 3. The van der Waals surface area contributed by atoms with Crippen LogP contribution in [0.5, 0.6) is 0 Å². The van der Waals surface area contributed by atoms with Gasteiger partial charge in [-0.15, -0.1) is 0 Å². The predicted molar refractivity (Wildman–Crippen MR) is 85.9 cm³/mol. The summed E-state index contributed by atoms with van der Waals surface area (Å²) in [6, 6.07) is 6.62. The molecule has 5 heteroatoms. The number of benzene rings is 1. The highest BCUT2D eigenvalue weighted by molar-refractivity contribution is 7.98. The van der Waals surface area contributed by atoms with E-state index < -0.39 is 5.60 Å². The first kappa shape index (κ1) is 18.0. The molecule has 0 fully saturated rings. The highest BCUT2D eigenvalue weighted by atomic mass is 32.2. The quantitative estimate of drug-likeness (QED) is 0.776. The van der Waals surface area contributed by atoms with Gasteiger partial charge in [0, 0.05) is 18.2 Å². The molecule has 1 amide bonds. The lowest BCUT2D eigenvalue weighted by Crippen LogP contribution is -2.44. The third-order valence-corrected chi connectivity index (χ3v) is 4.26. The van der Waals surface area contributed by atoms with Crippen LogP contribution in [0.15, 0.2) is 24.3 Å². The number of thioether (sulfide) groups is 1. The summed E-state index contributed by atoms with van der Waals surface area (Å²) >= 11 is 1.53. The monoisotopic (exact) mass is 313 g/mol. The van der Waals surface area contributed by atoms with E-state index in [0.29, 0.717) is 24.2 Å². The van der Waals surface area contributed by atoms with Crippen molar-refractivity contribution in [3.8, 4) is 0 Å². The van der Waals surface area contributed by atoms with Crippen LogP contribution in [0.25, 0.3) is 0 Å². The van der Waals surface area contributed by atoms with Crippen molar-refractivity contribution in [2.24, 2.45) is 5.92 Å². The number of amides is 1. The zero-order valence-electron chi connectivity index (χ0n) is 12.9. The minimum absolute atomic E-state index is 0.104. The van der Waals surface area contributed by atoms with E-state index in [1.165, 1.54) is 17.8 Å². The summed E-state index contributed by atoms with van der Waals surface area (Å²) < 4.78 is 13.5. The van der Waals surface area contributed by atoms with Gasteiger partial charge in [-0.05, 0) is 37.7 Å². The van der Waals surface area contributed by atoms with Crippen LogP contribution in [0.1, 0.15) is 25.8 Å². The molecule has 0 heterocycles. The fourth-order valence-electron chi connectivity index (χ4n) is 2.02. The number of halogens is 1. The van der Waals surface area contributed by atoms with Gasteiger partial charge in [-0.1, -0.05) is 25.1 Å². The molecule has 0 radical (unpaired) electrons. The van der Waals surface area contributed by atoms with Crippen LogP contribution >= 0.6 is 11.8 Å². The van der Waals surface area contributed by atoms with E-state index in [2.05, 4.69) is 5.32 Å². The number of carbonyl (C=O) groups is 1. The van der Waals surface area contributed by atoms with Crippen molar-refractivity contribution in [2.75, 3.05) is 18.6 Å². The smallest absolute Gasteiger partial charge is 0.222 e.